The van der Waals surface area contributed by atoms with E-state index in [1.54, 1.807) is 0 Å². The van der Waals surface area contributed by atoms with E-state index in [1.807, 2.05) is 0 Å². The van der Waals surface area contributed by atoms with Crippen molar-refractivity contribution in [2.45, 2.75) is 51.9 Å². The highest BCUT2D eigenvalue weighted by Gasteiger charge is 2.51. The predicted octanol–water partition coefficient (Wildman–Crippen LogP) is 1.71. The van der Waals surface area contributed by atoms with Crippen LogP contribution in [0.4, 0.5) is 5.00 Å². The number of carbonyl (C=O) groups excluding carboxylic acids is 3. The van der Waals surface area contributed by atoms with E-state index in [-0.39, 0.29) is 17.7 Å². The van der Waals surface area contributed by atoms with Crippen LogP contribution in [0.3, 0.4) is 0 Å². The number of primary amides is 1. The summed E-state index contributed by atoms with van der Waals surface area (Å²) in [4.78, 5) is 37.8. The zero-order valence-electron chi connectivity index (χ0n) is 15.5. The maximum atomic E-state index is 13.0. The molecule has 0 unspecified atom stereocenters. The van der Waals surface area contributed by atoms with Gasteiger partial charge in [0.15, 0.2) is 0 Å². The molecule has 1 aromatic heterocycles. The van der Waals surface area contributed by atoms with Crippen molar-refractivity contribution in [3.05, 3.63) is 16.0 Å². The fourth-order valence-corrected chi connectivity index (χ4v) is 6.92. The molecule has 7 heteroatoms. The summed E-state index contributed by atoms with van der Waals surface area (Å²) in [6.45, 7) is 2.16. The number of nitrogens with one attached hydrogen (secondary N) is 1. The van der Waals surface area contributed by atoms with Gasteiger partial charge in [-0.2, -0.15) is 0 Å². The van der Waals surface area contributed by atoms with Crippen LogP contribution in [0.15, 0.2) is 0 Å². The Morgan fingerprint density at radius 1 is 1.19 bits per heavy atom. The number of carboxylic acid groups (broad SMARTS) is 1. The molecule has 2 amide bonds. The molecule has 3 N–H and O–H groups in total. The summed E-state index contributed by atoms with van der Waals surface area (Å²) in [5, 5.41) is 15.0. The van der Waals surface area contributed by atoms with Gasteiger partial charge in [-0.1, -0.05) is 13.3 Å². The monoisotopic (exact) mass is 389 g/mol. The van der Waals surface area contributed by atoms with E-state index in [9.17, 15) is 19.5 Å². The standard InChI is InChI=1S/C20H26N2O4S/c1-2-9-3-6-12-13(7-9)27-19(16(12)17(21)23)22-18(24)14-10-4-5-11(8-10)15(14)20(25)26/h9-11,14-15H,2-8H2,1H3,(H2,21,23)(H,22,24)(H,25,26)/p-1/t9-,10+,11-,14+,15-/m0/s1. The van der Waals surface area contributed by atoms with Crippen molar-refractivity contribution in [1.82, 2.24) is 0 Å². The van der Waals surface area contributed by atoms with E-state index >= 15 is 0 Å². The van der Waals surface area contributed by atoms with Crippen LogP contribution >= 0.6 is 11.3 Å². The molecule has 5 atom stereocenters. The normalized spacial score (nSPS) is 31.5. The number of fused-ring (bicyclic) bond motifs is 3. The molecule has 2 bridgehead atoms. The van der Waals surface area contributed by atoms with Crippen molar-refractivity contribution in [3.63, 3.8) is 0 Å². The average Bonchev–Trinajstić information content (AvgIpc) is 3.32. The Labute approximate surface area is 162 Å². The van der Waals surface area contributed by atoms with Gasteiger partial charge in [-0.25, -0.2) is 0 Å². The largest absolute Gasteiger partial charge is 0.550 e. The molecular formula is C20H25N2O4S-. The Kier molecular flexibility index (Phi) is 4.74. The van der Waals surface area contributed by atoms with E-state index in [4.69, 9.17) is 5.73 Å². The summed E-state index contributed by atoms with van der Waals surface area (Å²) in [6.07, 6.45) is 6.32. The van der Waals surface area contributed by atoms with E-state index in [0.29, 0.717) is 16.5 Å². The average molecular weight is 389 g/mol. The van der Waals surface area contributed by atoms with E-state index in [1.165, 1.54) is 11.3 Å². The summed E-state index contributed by atoms with van der Waals surface area (Å²) >= 11 is 1.43. The summed E-state index contributed by atoms with van der Waals surface area (Å²) in [5.41, 5.74) is 7.02. The lowest BCUT2D eigenvalue weighted by molar-refractivity contribution is -0.314. The Morgan fingerprint density at radius 3 is 2.52 bits per heavy atom. The van der Waals surface area contributed by atoms with Crippen LogP contribution in [0, 0.1) is 29.6 Å². The number of nitrogens with two attached hydrogens (primary N) is 1. The van der Waals surface area contributed by atoms with Gasteiger partial charge in [0.1, 0.15) is 5.00 Å². The molecule has 0 aliphatic heterocycles. The molecule has 2 saturated carbocycles. The third kappa shape index (κ3) is 3.06. The summed E-state index contributed by atoms with van der Waals surface area (Å²) in [5.74, 6) is -2.53. The minimum atomic E-state index is -1.13. The number of carbonyl (C=O) groups is 3. The van der Waals surface area contributed by atoms with Gasteiger partial charge in [0.2, 0.25) is 5.91 Å². The van der Waals surface area contributed by atoms with E-state index in [2.05, 4.69) is 12.2 Å². The fraction of sp³-hybridized carbons (Fsp3) is 0.650. The highest BCUT2D eigenvalue weighted by atomic mass is 32.1. The molecular weight excluding hydrogens is 364 g/mol. The first-order valence-electron chi connectivity index (χ1n) is 9.86. The molecule has 3 aliphatic carbocycles. The maximum Gasteiger partial charge on any atom is 0.251 e. The molecule has 27 heavy (non-hydrogen) atoms. The molecule has 1 aromatic rings. The van der Waals surface area contributed by atoms with E-state index in [0.717, 1.165) is 55.4 Å². The van der Waals surface area contributed by atoms with Gasteiger partial charge >= 0.3 is 0 Å². The molecule has 0 radical (unpaired) electrons. The Hall–Kier alpha value is -1.89. The highest BCUT2D eigenvalue weighted by Crippen LogP contribution is 2.52. The van der Waals surface area contributed by atoms with Crippen LogP contribution in [0.25, 0.3) is 0 Å². The minimum absolute atomic E-state index is 0.0354. The second kappa shape index (κ2) is 6.93. The molecule has 6 nitrogen and oxygen atoms in total. The summed E-state index contributed by atoms with van der Waals surface area (Å²) < 4.78 is 0. The summed E-state index contributed by atoms with van der Waals surface area (Å²) in [6, 6.07) is 0. The molecule has 0 aromatic carbocycles. The van der Waals surface area contributed by atoms with Crippen molar-refractivity contribution in [2.24, 2.45) is 35.3 Å². The zero-order chi connectivity index (χ0) is 19.3. The SMILES string of the molecule is CC[C@H]1CCc2c(sc(NC(=O)[C@@H]3[C@@H]4CC[C@@H](C4)[C@@H]3C(=O)[O-])c2C(N)=O)C1. The minimum Gasteiger partial charge on any atom is -0.550 e. The first-order valence-corrected chi connectivity index (χ1v) is 10.7. The van der Waals surface area contributed by atoms with Crippen LogP contribution in [0.2, 0.25) is 0 Å². The van der Waals surface area contributed by atoms with Gasteiger partial charge in [0.25, 0.3) is 5.91 Å². The molecule has 0 saturated heterocycles. The molecule has 0 spiro atoms. The van der Waals surface area contributed by atoms with Gasteiger partial charge in [-0.05, 0) is 61.8 Å². The van der Waals surface area contributed by atoms with Crippen LogP contribution in [0.5, 0.6) is 0 Å². The smallest absolute Gasteiger partial charge is 0.251 e. The topological polar surface area (TPSA) is 112 Å². The second-order valence-electron chi connectivity index (χ2n) is 8.28. The van der Waals surface area contributed by atoms with Gasteiger partial charge in [0.05, 0.1) is 5.56 Å². The first kappa shape index (κ1) is 18.5. The zero-order valence-corrected chi connectivity index (χ0v) is 16.3. The van der Waals surface area contributed by atoms with Crippen molar-refractivity contribution >= 4 is 34.1 Å². The lowest BCUT2D eigenvalue weighted by Crippen LogP contribution is -2.44. The van der Waals surface area contributed by atoms with Gasteiger partial charge in [-0.15, -0.1) is 11.3 Å². The fourth-order valence-electron chi connectivity index (χ4n) is 5.55. The predicted molar refractivity (Wildman–Crippen MR) is 100 cm³/mol. The number of hydrogen-bond acceptors (Lipinski definition) is 5. The van der Waals surface area contributed by atoms with Gasteiger partial charge in [-0.3, -0.25) is 9.59 Å². The quantitative estimate of drug-likeness (QED) is 0.798. The third-order valence-electron chi connectivity index (χ3n) is 6.92. The third-order valence-corrected chi connectivity index (χ3v) is 8.09. The van der Waals surface area contributed by atoms with Gasteiger partial charge in [0, 0.05) is 22.7 Å². The van der Waals surface area contributed by atoms with Crippen LogP contribution in [-0.4, -0.2) is 17.8 Å². The maximum absolute atomic E-state index is 13.0. The van der Waals surface area contributed by atoms with Crippen molar-refractivity contribution in [2.75, 3.05) is 5.32 Å². The lowest BCUT2D eigenvalue weighted by atomic mass is 9.78. The van der Waals surface area contributed by atoms with Crippen molar-refractivity contribution in [3.8, 4) is 0 Å². The number of aliphatic carboxylic acids is 1. The van der Waals surface area contributed by atoms with E-state index < -0.39 is 23.7 Å². The molecule has 1 heterocycles. The molecule has 2 fully saturated rings. The van der Waals surface area contributed by atoms with Crippen LogP contribution in [0.1, 0.15) is 59.8 Å². The molecule has 3 aliphatic rings. The molecule has 146 valence electrons. The second-order valence-corrected chi connectivity index (χ2v) is 9.39. The lowest BCUT2D eigenvalue weighted by Gasteiger charge is -2.30. The number of anilines is 1. The molecule has 4 rings (SSSR count). The number of hydrogen-bond donors (Lipinski definition) is 2. The van der Waals surface area contributed by atoms with Crippen LogP contribution < -0.4 is 16.2 Å². The Bertz CT molecular complexity index is 802. The number of amides is 2. The Morgan fingerprint density at radius 2 is 1.89 bits per heavy atom. The number of rotatable bonds is 5. The highest BCUT2D eigenvalue weighted by molar-refractivity contribution is 7.17. The van der Waals surface area contributed by atoms with Crippen molar-refractivity contribution in [1.29, 1.82) is 0 Å². The first-order chi connectivity index (χ1) is 12.9. The van der Waals surface area contributed by atoms with Crippen molar-refractivity contribution < 1.29 is 19.5 Å². The Balaban J connectivity index is 1.61. The van der Waals surface area contributed by atoms with Crippen LogP contribution in [-0.2, 0) is 22.4 Å². The summed E-state index contributed by atoms with van der Waals surface area (Å²) in [7, 11) is 0. The number of thiophene rings is 1. The van der Waals surface area contributed by atoms with Gasteiger partial charge < -0.3 is 21.0 Å². The number of carboxylic acids is 1.